The minimum Gasteiger partial charge on any atom is -0.464 e. The molecule has 3 fully saturated rings. The Morgan fingerprint density at radius 1 is 1.05 bits per heavy atom. The predicted molar refractivity (Wildman–Crippen MR) is 250 cm³/mol. The van der Waals surface area contributed by atoms with Gasteiger partial charge in [-0.3, -0.25) is 29.2 Å². The summed E-state index contributed by atoms with van der Waals surface area (Å²) in [6.45, 7) is 17.9. The standard InChI is InChI=1S/C48H64N10O6S/c1-9-57-38-15-14-30-22-32(38)33(42(57)31-12-10-16-49-40(31)28(2)3)24-48(6,7)27-64-46(62)34-13-11-17-58(53-34)45(61)35(23-39-51-37(30)26-65-39)52-43(59)41(29(4)5)54(8)47(63)56-20-18-55(19-21-56)44(60)36-25-50-36/h10,12,14-16,22,26,28-29,34-36,41,50,53H,9,11,13,17-21,23-25,27H2,1-8H3,(H,52,59)/t34-,35-,36+,41-/m0/s1. The first kappa shape index (κ1) is 46.2. The van der Waals surface area contributed by atoms with E-state index in [2.05, 4.69) is 79.5 Å². The molecule has 4 aliphatic heterocycles. The van der Waals surface area contributed by atoms with Crippen LogP contribution in [0.1, 0.15) is 83.5 Å². The van der Waals surface area contributed by atoms with Crippen molar-refractivity contribution in [2.45, 2.75) is 111 Å². The molecule has 3 aromatic heterocycles. The Hall–Kier alpha value is -5.39. The highest BCUT2D eigenvalue weighted by atomic mass is 32.1. The maximum Gasteiger partial charge on any atom is 0.324 e. The van der Waals surface area contributed by atoms with Gasteiger partial charge in [0.25, 0.3) is 5.91 Å². The number of rotatable bonds is 8. The van der Waals surface area contributed by atoms with E-state index in [1.165, 1.54) is 21.2 Å². The predicted octanol–water partition coefficient (Wildman–Crippen LogP) is 4.81. The molecule has 4 atom stereocenters. The zero-order valence-corrected chi connectivity index (χ0v) is 39.8. The number of hydrogen-bond donors (Lipinski definition) is 3. The second kappa shape index (κ2) is 18.8. The lowest BCUT2D eigenvalue weighted by Crippen LogP contribution is -2.63. The minimum absolute atomic E-state index is 0.0508. The van der Waals surface area contributed by atoms with E-state index in [9.17, 15) is 24.0 Å². The number of nitrogens with one attached hydrogen (secondary N) is 3. The number of benzene rings is 1. The van der Waals surface area contributed by atoms with Crippen molar-refractivity contribution in [1.82, 2.24) is 50.3 Å². The first-order valence-electron chi connectivity index (χ1n) is 23.2. The van der Waals surface area contributed by atoms with E-state index in [1.807, 2.05) is 31.5 Å². The fourth-order valence-corrected chi connectivity index (χ4v) is 10.5. The van der Waals surface area contributed by atoms with Crippen LogP contribution >= 0.6 is 11.3 Å². The van der Waals surface area contributed by atoms with E-state index >= 15 is 0 Å². The summed E-state index contributed by atoms with van der Waals surface area (Å²) in [6, 6.07) is 7.39. The Labute approximate surface area is 385 Å². The van der Waals surface area contributed by atoms with Gasteiger partial charge in [0.1, 0.15) is 18.1 Å². The molecule has 0 radical (unpaired) electrons. The monoisotopic (exact) mass is 908 g/mol. The third kappa shape index (κ3) is 9.64. The largest absolute Gasteiger partial charge is 0.464 e. The number of carbonyl (C=O) groups is 5. The van der Waals surface area contributed by atoms with Gasteiger partial charge < -0.3 is 34.6 Å². The van der Waals surface area contributed by atoms with Crippen molar-refractivity contribution in [3.05, 3.63) is 58.2 Å². The molecular formula is C48H64N10O6S. The molecule has 7 heterocycles. The van der Waals surface area contributed by atoms with Crippen LogP contribution in [0, 0.1) is 11.3 Å². The lowest BCUT2D eigenvalue weighted by atomic mass is 9.84. The summed E-state index contributed by atoms with van der Waals surface area (Å²) in [7, 11) is 1.61. The summed E-state index contributed by atoms with van der Waals surface area (Å²) in [4.78, 5) is 84.4. The third-order valence-corrected chi connectivity index (χ3v) is 14.0. The van der Waals surface area contributed by atoms with Crippen LogP contribution in [-0.2, 0) is 43.3 Å². The van der Waals surface area contributed by atoms with Gasteiger partial charge in [0.2, 0.25) is 11.8 Å². The number of hydrogen-bond acceptors (Lipinski definition) is 11. The van der Waals surface area contributed by atoms with Crippen molar-refractivity contribution in [1.29, 1.82) is 0 Å². The van der Waals surface area contributed by atoms with Crippen LogP contribution in [-0.4, -0.2) is 141 Å². The number of ether oxygens (including phenoxy) is 1. The number of pyridine rings is 1. The van der Waals surface area contributed by atoms with E-state index < -0.39 is 41.3 Å². The van der Waals surface area contributed by atoms with Gasteiger partial charge in [-0.2, -0.15) is 0 Å². The molecule has 0 saturated carbocycles. The number of nitrogens with zero attached hydrogens (tertiary/aromatic N) is 7. The lowest BCUT2D eigenvalue weighted by molar-refractivity contribution is -0.155. The number of thiazole rings is 1. The van der Waals surface area contributed by atoms with Crippen molar-refractivity contribution in [3.63, 3.8) is 0 Å². The molecule has 16 nitrogen and oxygen atoms in total. The van der Waals surface area contributed by atoms with Crippen molar-refractivity contribution in [3.8, 4) is 22.5 Å². The zero-order chi connectivity index (χ0) is 46.3. The number of aryl methyl sites for hydroxylation is 1. The molecule has 0 unspecified atom stereocenters. The highest BCUT2D eigenvalue weighted by Gasteiger charge is 2.40. The Morgan fingerprint density at radius 3 is 2.48 bits per heavy atom. The molecule has 1 aromatic carbocycles. The number of aromatic nitrogens is 3. The van der Waals surface area contributed by atoms with Crippen molar-refractivity contribution < 1.29 is 28.7 Å². The first-order chi connectivity index (χ1) is 31.0. The number of piperazine rings is 1. The molecule has 17 heteroatoms. The second-order valence-electron chi connectivity index (χ2n) is 19.4. The Bertz CT molecular complexity index is 2450. The zero-order valence-electron chi connectivity index (χ0n) is 39.0. The molecule has 0 spiro atoms. The summed E-state index contributed by atoms with van der Waals surface area (Å²) in [6.07, 6.45) is 3.59. The first-order valence-corrected chi connectivity index (χ1v) is 24.1. The van der Waals surface area contributed by atoms with Crippen molar-refractivity contribution >= 4 is 52.0 Å². The van der Waals surface area contributed by atoms with E-state index in [0.29, 0.717) is 63.5 Å². The average molecular weight is 909 g/mol. The highest BCUT2D eigenvalue weighted by Crippen LogP contribution is 2.42. The number of hydrazine groups is 1. The Balaban J connectivity index is 1.12. The lowest BCUT2D eigenvalue weighted by Gasteiger charge is -2.39. The molecule has 348 valence electrons. The normalized spacial score (nSPS) is 21.9. The number of likely N-dealkylation sites (N-methyl/N-ethyl adjacent to an activating group) is 1. The van der Waals surface area contributed by atoms with Crippen LogP contribution < -0.4 is 16.1 Å². The summed E-state index contributed by atoms with van der Waals surface area (Å²) in [5, 5.41) is 11.2. The highest BCUT2D eigenvalue weighted by molar-refractivity contribution is 7.10. The van der Waals surface area contributed by atoms with Crippen LogP contribution in [0.15, 0.2) is 41.9 Å². The second-order valence-corrected chi connectivity index (χ2v) is 20.3. The fraction of sp³-hybridized carbons (Fsp3) is 0.562. The van der Waals surface area contributed by atoms with Gasteiger partial charge in [0, 0.05) is 98.3 Å². The quantitative estimate of drug-likeness (QED) is 0.164. The fourth-order valence-electron chi connectivity index (χ4n) is 9.69. The van der Waals surface area contributed by atoms with E-state index in [0.717, 1.165) is 51.2 Å². The number of esters is 1. The maximum absolute atomic E-state index is 14.6. The molecule has 4 aromatic rings. The number of amides is 5. The van der Waals surface area contributed by atoms with Gasteiger partial charge in [-0.05, 0) is 67.9 Å². The van der Waals surface area contributed by atoms with Crippen LogP contribution in [0.3, 0.4) is 0 Å². The van der Waals surface area contributed by atoms with Crippen LogP contribution in [0.5, 0.6) is 0 Å². The van der Waals surface area contributed by atoms with Crippen LogP contribution in [0.2, 0.25) is 0 Å². The van der Waals surface area contributed by atoms with Gasteiger partial charge in [-0.25, -0.2) is 15.2 Å². The molecule has 6 bridgehead atoms. The topological polar surface area (TPSA) is 184 Å². The summed E-state index contributed by atoms with van der Waals surface area (Å²) in [5.74, 6) is -1.38. The molecule has 8 rings (SSSR count). The van der Waals surface area contributed by atoms with Crippen molar-refractivity contribution in [2.24, 2.45) is 11.3 Å². The summed E-state index contributed by atoms with van der Waals surface area (Å²) >= 11 is 1.42. The summed E-state index contributed by atoms with van der Waals surface area (Å²) in [5.41, 5.74) is 9.81. The van der Waals surface area contributed by atoms with Crippen molar-refractivity contribution in [2.75, 3.05) is 52.9 Å². The SMILES string of the molecule is CCn1c(-c2cccnc2C(C)C)c2c3cc(ccc31)-c1csc(n1)C[C@H](NC(=O)[C@H](C(C)C)N(C)C(=O)N1CCN(C(=O)[C@H]3CN3)CC1)C(=O)N1CCC[C@H](N1)C(=O)OCC(C)(C)C2. The molecule has 3 saturated heterocycles. The number of fused-ring (bicyclic) bond motifs is 6. The van der Waals surface area contributed by atoms with E-state index in [1.54, 1.807) is 16.8 Å². The molecule has 0 aliphatic carbocycles. The molecule has 3 N–H and O–H groups in total. The van der Waals surface area contributed by atoms with Gasteiger partial charge in [-0.1, -0.05) is 47.6 Å². The van der Waals surface area contributed by atoms with Gasteiger partial charge in [0.15, 0.2) is 0 Å². The number of cyclic esters (lactones) is 1. The third-order valence-electron chi connectivity index (χ3n) is 13.2. The maximum atomic E-state index is 14.6. The van der Waals surface area contributed by atoms with Gasteiger partial charge in [-0.15, -0.1) is 11.3 Å². The van der Waals surface area contributed by atoms with E-state index in [4.69, 9.17) is 14.7 Å². The van der Waals surface area contributed by atoms with Crippen LogP contribution in [0.4, 0.5) is 4.79 Å². The minimum atomic E-state index is -1.07. The van der Waals surface area contributed by atoms with Gasteiger partial charge >= 0.3 is 12.0 Å². The molecule has 65 heavy (non-hydrogen) atoms. The number of urea groups is 1. The molecule has 4 aliphatic rings. The van der Waals surface area contributed by atoms with Crippen LogP contribution in [0.25, 0.3) is 33.4 Å². The smallest absolute Gasteiger partial charge is 0.324 e. The summed E-state index contributed by atoms with van der Waals surface area (Å²) < 4.78 is 8.48. The van der Waals surface area contributed by atoms with Gasteiger partial charge in [0.05, 0.1) is 34.7 Å². The molecule has 5 amide bonds. The van der Waals surface area contributed by atoms with E-state index in [-0.39, 0.29) is 42.8 Å². The Kier molecular flexibility index (Phi) is 13.4. The average Bonchev–Trinajstić information content (AvgIpc) is 3.97. The number of carbonyl (C=O) groups excluding carboxylic acids is 5. The molecular weight excluding hydrogens is 845 g/mol. The Morgan fingerprint density at radius 2 is 1.78 bits per heavy atom.